The predicted octanol–water partition coefficient (Wildman–Crippen LogP) is 1.80. The van der Waals surface area contributed by atoms with Crippen LogP contribution >= 0.6 is 0 Å². The van der Waals surface area contributed by atoms with Gasteiger partial charge in [-0.1, -0.05) is 18.2 Å². The Morgan fingerprint density at radius 3 is 2.63 bits per heavy atom. The molecule has 2 atom stereocenters. The number of benzene rings is 1. The van der Waals surface area contributed by atoms with Crippen LogP contribution in [0.5, 0.6) is 0 Å². The van der Waals surface area contributed by atoms with Crippen molar-refractivity contribution in [1.82, 2.24) is 20.0 Å². The summed E-state index contributed by atoms with van der Waals surface area (Å²) in [5, 5.41) is 3.08. The first kappa shape index (κ1) is 18.2. The van der Waals surface area contributed by atoms with Crippen LogP contribution in [-0.2, 0) is 11.3 Å². The summed E-state index contributed by atoms with van der Waals surface area (Å²) >= 11 is 0. The third-order valence-corrected chi connectivity index (χ3v) is 6.22. The maximum atomic E-state index is 13.9. The molecule has 1 aromatic carbocycles. The Morgan fingerprint density at radius 2 is 1.93 bits per heavy atom. The lowest BCUT2D eigenvalue weighted by Gasteiger charge is -2.42. The molecular formula is C20H27FN4O2. The van der Waals surface area contributed by atoms with Crippen molar-refractivity contribution in [2.45, 2.75) is 50.9 Å². The number of carbonyl (C=O) groups is 2. The summed E-state index contributed by atoms with van der Waals surface area (Å²) in [6.07, 6.45) is 2.64. The molecular weight excluding hydrogens is 347 g/mol. The molecule has 0 aliphatic carbocycles. The van der Waals surface area contributed by atoms with E-state index < -0.39 is 0 Å². The number of urea groups is 1. The van der Waals surface area contributed by atoms with E-state index >= 15 is 0 Å². The highest BCUT2D eigenvalue weighted by Crippen LogP contribution is 2.29. The molecule has 3 amide bonds. The van der Waals surface area contributed by atoms with Gasteiger partial charge in [-0.2, -0.15) is 0 Å². The zero-order valence-corrected chi connectivity index (χ0v) is 15.7. The monoisotopic (exact) mass is 374 g/mol. The van der Waals surface area contributed by atoms with Crippen LogP contribution in [0.1, 0.15) is 31.7 Å². The highest BCUT2D eigenvalue weighted by Gasteiger charge is 2.46. The first-order valence-corrected chi connectivity index (χ1v) is 9.83. The van der Waals surface area contributed by atoms with Gasteiger partial charge in [0.25, 0.3) is 0 Å². The summed E-state index contributed by atoms with van der Waals surface area (Å²) < 4.78 is 13.9. The zero-order chi connectivity index (χ0) is 19.0. The molecule has 6 nitrogen and oxygen atoms in total. The van der Waals surface area contributed by atoms with E-state index in [2.05, 4.69) is 10.2 Å². The molecule has 7 heteroatoms. The normalized spacial score (nSPS) is 26.8. The highest BCUT2D eigenvalue weighted by molar-refractivity contribution is 5.79. The van der Waals surface area contributed by atoms with E-state index in [1.807, 2.05) is 21.9 Å². The second-order valence-corrected chi connectivity index (χ2v) is 7.88. The number of nitrogens with one attached hydrogen (secondary N) is 1. The van der Waals surface area contributed by atoms with Crippen molar-refractivity contribution in [3.8, 4) is 0 Å². The predicted molar refractivity (Wildman–Crippen MR) is 99.5 cm³/mol. The fraction of sp³-hybridized carbons (Fsp3) is 0.600. The van der Waals surface area contributed by atoms with Gasteiger partial charge in [-0.3, -0.25) is 9.69 Å². The minimum atomic E-state index is -0.154. The lowest BCUT2D eigenvalue weighted by Crippen LogP contribution is -2.55. The fourth-order valence-corrected chi connectivity index (χ4v) is 4.74. The van der Waals surface area contributed by atoms with E-state index in [9.17, 15) is 14.0 Å². The van der Waals surface area contributed by atoms with Crippen molar-refractivity contribution < 1.29 is 14.0 Å². The molecule has 0 saturated carbocycles. The fourth-order valence-electron chi connectivity index (χ4n) is 4.74. The van der Waals surface area contributed by atoms with Crippen LogP contribution in [0, 0.1) is 5.82 Å². The number of likely N-dealkylation sites (tertiary alicyclic amines) is 2. The third-order valence-electron chi connectivity index (χ3n) is 6.22. The van der Waals surface area contributed by atoms with Crippen LogP contribution in [0.3, 0.4) is 0 Å². The molecule has 146 valence electrons. The smallest absolute Gasteiger partial charge is 0.318 e. The van der Waals surface area contributed by atoms with Crippen molar-refractivity contribution >= 4 is 11.9 Å². The number of hydrogen-bond donors (Lipinski definition) is 1. The average Bonchev–Trinajstić information content (AvgIpc) is 2.99. The van der Waals surface area contributed by atoms with Crippen LogP contribution in [0.4, 0.5) is 9.18 Å². The van der Waals surface area contributed by atoms with Crippen molar-refractivity contribution in [3.05, 3.63) is 35.6 Å². The maximum Gasteiger partial charge on any atom is 0.318 e. The molecule has 1 aromatic rings. The molecule has 4 rings (SSSR count). The summed E-state index contributed by atoms with van der Waals surface area (Å²) in [5.41, 5.74) is 0.728. The number of rotatable bonds is 3. The Kier molecular flexibility index (Phi) is 5.04. The lowest BCUT2D eigenvalue weighted by atomic mass is 9.95. The summed E-state index contributed by atoms with van der Waals surface area (Å²) in [6, 6.07) is 7.36. The van der Waals surface area contributed by atoms with Gasteiger partial charge in [0, 0.05) is 51.3 Å². The summed E-state index contributed by atoms with van der Waals surface area (Å²) in [5.74, 6) is -0.0822. The van der Waals surface area contributed by atoms with E-state index in [4.69, 9.17) is 0 Å². The SMILES string of the molecule is CC(=O)N1CCC2C(C1)NC(=O)N2C1CCN(Cc2ccccc2F)CC1. The third kappa shape index (κ3) is 3.65. The molecule has 3 aliphatic heterocycles. The van der Waals surface area contributed by atoms with Crippen LogP contribution in [0.25, 0.3) is 0 Å². The topological polar surface area (TPSA) is 55.9 Å². The first-order valence-electron chi connectivity index (χ1n) is 9.83. The Labute approximate surface area is 159 Å². The van der Waals surface area contributed by atoms with Crippen molar-refractivity contribution in [1.29, 1.82) is 0 Å². The second-order valence-electron chi connectivity index (χ2n) is 7.88. The molecule has 27 heavy (non-hydrogen) atoms. The number of nitrogens with zero attached hydrogens (tertiary/aromatic N) is 3. The standard InChI is InChI=1S/C20H27FN4O2/c1-14(26)24-11-8-19-18(13-24)22-20(27)25(19)16-6-9-23(10-7-16)12-15-4-2-3-5-17(15)21/h2-5,16,18-19H,6-13H2,1H3,(H,22,27). The van der Waals surface area contributed by atoms with Crippen LogP contribution in [0.15, 0.2) is 24.3 Å². The van der Waals surface area contributed by atoms with E-state index in [1.54, 1.807) is 13.0 Å². The number of piperidine rings is 2. The van der Waals surface area contributed by atoms with Gasteiger partial charge >= 0.3 is 6.03 Å². The first-order chi connectivity index (χ1) is 13.0. The van der Waals surface area contributed by atoms with Crippen LogP contribution in [-0.4, -0.2) is 70.9 Å². The van der Waals surface area contributed by atoms with Gasteiger partial charge in [-0.05, 0) is 25.3 Å². The molecule has 1 N–H and O–H groups in total. The Hall–Kier alpha value is -2.15. The molecule has 0 bridgehead atoms. The van der Waals surface area contributed by atoms with Gasteiger partial charge in [-0.25, -0.2) is 9.18 Å². The molecule has 3 fully saturated rings. The van der Waals surface area contributed by atoms with Gasteiger partial charge in [-0.15, -0.1) is 0 Å². The Bertz CT molecular complexity index is 720. The number of hydrogen-bond acceptors (Lipinski definition) is 3. The summed E-state index contributed by atoms with van der Waals surface area (Å²) in [6.45, 7) is 5.24. The van der Waals surface area contributed by atoms with E-state index in [1.165, 1.54) is 6.07 Å². The molecule has 3 heterocycles. The van der Waals surface area contributed by atoms with Gasteiger partial charge < -0.3 is 15.1 Å². The van der Waals surface area contributed by atoms with E-state index in [0.29, 0.717) is 19.6 Å². The lowest BCUT2D eigenvalue weighted by molar-refractivity contribution is -0.130. The molecule has 2 unspecified atom stereocenters. The Morgan fingerprint density at radius 1 is 1.19 bits per heavy atom. The molecule has 0 aromatic heterocycles. The maximum absolute atomic E-state index is 13.9. The number of fused-ring (bicyclic) bond motifs is 1. The minimum absolute atomic E-state index is 0.00274. The average molecular weight is 374 g/mol. The Balaban J connectivity index is 1.35. The van der Waals surface area contributed by atoms with Gasteiger partial charge in [0.1, 0.15) is 5.82 Å². The largest absolute Gasteiger partial charge is 0.341 e. The molecule has 0 radical (unpaired) electrons. The van der Waals surface area contributed by atoms with Crippen molar-refractivity contribution in [2.75, 3.05) is 26.2 Å². The van der Waals surface area contributed by atoms with Crippen molar-refractivity contribution in [2.24, 2.45) is 0 Å². The number of amides is 3. The number of carbonyl (C=O) groups excluding carboxylic acids is 2. The quantitative estimate of drug-likeness (QED) is 0.878. The molecule has 0 spiro atoms. The molecule has 3 saturated heterocycles. The minimum Gasteiger partial charge on any atom is -0.341 e. The van der Waals surface area contributed by atoms with E-state index in [0.717, 1.165) is 37.9 Å². The van der Waals surface area contributed by atoms with Crippen molar-refractivity contribution in [3.63, 3.8) is 0 Å². The van der Waals surface area contributed by atoms with Gasteiger partial charge in [0.2, 0.25) is 5.91 Å². The highest BCUT2D eigenvalue weighted by atomic mass is 19.1. The second kappa shape index (κ2) is 7.46. The number of halogens is 1. The summed E-state index contributed by atoms with van der Waals surface area (Å²) in [7, 11) is 0. The van der Waals surface area contributed by atoms with Gasteiger partial charge in [0.15, 0.2) is 0 Å². The zero-order valence-electron chi connectivity index (χ0n) is 15.7. The van der Waals surface area contributed by atoms with Crippen LogP contribution in [0.2, 0.25) is 0 Å². The summed E-state index contributed by atoms with van der Waals surface area (Å²) in [4.78, 5) is 30.3. The molecule has 3 aliphatic rings. The van der Waals surface area contributed by atoms with Crippen LogP contribution < -0.4 is 5.32 Å². The van der Waals surface area contributed by atoms with Gasteiger partial charge in [0.05, 0.1) is 12.1 Å². The van der Waals surface area contributed by atoms with E-state index in [-0.39, 0.29) is 35.9 Å².